The minimum atomic E-state index is 0.0277. The maximum Gasteiger partial charge on any atom is 0.246 e. The van der Waals surface area contributed by atoms with E-state index in [1.807, 2.05) is 43.3 Å². The Morgan fingerprint density at radius 3 is 2.60 bits per heavy atom. The number of nitrogens with zero attached hydrogens (tertiary/aromatic N) is 1. The molecular weight excluding hydrogens is 248 g/mol. The molecule has 3 heteroatoms. The number of hydrogen-bond donors (Lipinski definition) is 1. The minimum absolute atomic E-state index is 0.0277. The molecule has 3 nitrogen and oxygen atoms in total. The maximum absolute atomic E-state index is 12.1. The molecule has 1 heterocycles. The fourth-order valence-corrected chi connectivity index (χ4v) is 2.56. The molecule has 20 heavy (non-hydrogen) atoms. The van der Waals surface area contributed by atoms with E-state index in [1.54, 1.807) is 0 Å². The lowest BCUT2D eigenvalue weighted by molar-refractivity contribution is -0.117. The highest BCUT2D eigenvalue weighted by Crippen LogP contribution is 2.11. The molecule has 1 N–H and O–H groups in total. The lowest BCUT2D eigenvalue weighted by atomic mass is 10.1. The number of nitrogens with one attached hydrogen (secondary N) is 1. The van der Waals surface area contributed by atoms with Gasteiger partial charge in [0, 0.05) is 18.2 Å². The van der Waals surface area contributed by atoms with Crippen LogP contribution in [0.5, 0.6) is 0 Å². The third kappa shape index (κ3) is 4.20. The Bertz CT molecular complexity index is 461. The Kier molecular flexibility index (Phi) is 5.36. The second-order valence-electron chi connectivity index (χ2n) is 5.54. The Balaban J connectivity index is 1.83. The fourth-order valence-electron chi connectivity index (χ4n) is 2.56. The third-order valence-corrected chi connectivity index (χ3v) is 3.86. The summed E-state index contributed by atoms with van der Waals surface area (Å²) < 4.78 is 0. The number of hydrogen-bond acceptors (Lipinski definition) is 2. The van der Waals surface area contributed by atoms with Crippen molar-refractivity contribution in [3.63, 3.8) is 0 Å². The predicted octanol–water partition coefficient (Wildman–Crippen LogP) is 2.69. The van der Waals surface area contributed by atoms with Gasteiger partial charge in [0.1, 0.15) is 0 Å². The van der Waals surface area contributed by atoms with Crippen LogP contribution < -0.4 is 5.32 Å². The molecule has 1 aliphatic heterocycles. The van der Waals surface area contributed by atoms with Crippen LogP contribution in [-0.2, 0) is 4.79 Å². The highest BCUT2D eigenvalue weighted by atomic mass is 16.1. The van der Waals surface area contributed by atoms with E-state index in [2.05, 4.69) is 17.1 Å². The molecule has 0 aromatic heterocycles. The molecule has 1 atom stereocenters. The summed E-state index contributed by atoms with van der Waals surface area (Å²) in [5.74, 6) is 0.0277. The average Bonchev–Trinajstić information content (AvgIpc) is 2.99. The largest absolute Gasteiger partial charge is 0.351 e. The van der Waals surface area contributed by atoms with Gasteiger partial charge in [-0.05, 0) is 51.4 Å². The molecule has 1 aliphatic rings. The first kappa shape index (κ1) is 14.8. The molecule has 108 valence electrons. The van der Waals surface area contributed by atoms with E-state index in [1.165, 1.54) is 12.8 Å². The van der Waals surface area contributed by atoms with Crippen LogP contribution in [0.15, 0.2) is 35.9 Å². The van der Waals surface area contributed by atoms with Crippen molar-refractivity contribution in [2.24, 2.45) is 0 Å². The van der Waals surface area contributed by atoms with Crippen molar-refractivity contribution in [3.05, 3.63) is 41.5 Å². The monoisotopic (exact) mass is 272 g/mol. The van der Waals surface area contributed by atoms with E-state index in [9.17, 15) is 4.79 Å². The Morgan fingerprint density at radius 2 is 1.95 bits per heavy atom. The first-order valence-electron chi connectivity index (χ1n) is 7.42. The number of likely N-dealkylation sites (tertiary alicyclic amines) is 1. The van der Waals surface area contributed by atoms with Crippen LogP contribution >= 0.6 is 0 Å². The molecule has 0 saturated carbocycles. The van der Waals surface area contributed by atoms with Gasteiger partial charge in [0.15, 0.2) is 0 Å². The smallest absolute Gasteiger partial charge is 0.246 e. The van der Waals surface area contributed by atoms with E-state index in [-0.39, 0.29) is 5.91 Å². The molecule has 0 radical (unpaired) electrons. The zero-order chi connectivity index (χ0) is 14.4. The quantitative estimate of drug-likeness (QED) is 0.836. The molecule has 0 aliphatic carbocycles. The topological polar surface area (TPSA) is 32.3 Å². The minimum Gasteiger partial charge on any atom is -0.351 e. The van der Waals surface area contributed by atoms with Crippen molar-refractivity contribution in [1.29, 1.82) is 0 Å². The molecule has 1 fully saturated rings. The molecule has 1 saturated heterocycles. The Labute approximate surface area is 121 Å². The van der Waals surface area contributed by atoms with E-state index >= 15 is 0 Å². The molecule has 1 aromatic carbocycles. The van der Waals surface area contributed by atoms with Crippen molar-refractivity contribution >= 4 is 12.0 Å². The summed E-state index contributed by atoms with van der Waals surface area (Å²) >= 11 is 0. The van der Waals surface area contributed by atoms with E-state index in [4.69, 9.17) is 0 Å². The van der Waals surface area contributed by atoms with Crippen LogP contribution in [0.2, 0.25) is 0 Å². The van der Waals surface area contributed by atoms with Gasteiger partial charge in [-0.2, -0.15) is 0 Å². The van der Waals surface area contributed by atoms with Crippen LogP contribution in [0.25, 0.3) is 6.08 Å². The Hall–Kier alpha value is -1.61. The van der Waals surface area contributed by atoms with Gasteiger partial charge in [0.25, 0.3) is 0 Å². The SMILES string of the molecule is C/C(=C\c1ccccc1)C(=O)NCC(C)N1CCCC1. The number of carbonyl (C=O) groups is 1. The molecule has 1 amide bonds. The highest BCUT2D eigenvalue weighted by Gasteiger charge is 2.18. The second-order valence-corrected chi connectivity index (χ2v) is 5.54. The number of rotatable bonds is 5. The van der Waals surface area contributed by atoms with Crippen molar-refractivity contribution in [2.75, 3.05) is 19.6 Å². The summed E-state index contributed by atoms with van der Waals surface area (Å²) in [7, 11) is 0. The highest BCUT2D eigenvalue weighted by molar-refractivity contribution is 5.97. The van der Waals surface area contributed by atoms with Crippen LogP contribution in [-0.4, -0.2) is 36.5 Å². The van der Waals surface area contributed by atoms with Crippen LogP contribution in [0.4, 0.5) is 0 Å². The summed E-state index contributed by atoms with van der Waals surface area (Å²) in [5, 5.41) is 3.03. The van der Waals surface area contributed by atoms with Gasteiger partial charge in [0.05, 0.1) is 0 Å². The standard InChI is InChI=1S/C17H24N2O/c1-14(12-16-8-4-3-5-9-16)17(20)18-13-15(2)19-10-6-7-11-19/h3-5,8-9,12,15H,6-7,10-11,13H2,1-2H3,(H,18,20)/b14-12+. The van der Waals surface area contributed by atoms with E-state index in [0.717, 1.165) is 30.8 Å². The molecule has 1 aromatic rings. The van der Waals surface area contributed by atoms with Gasteiger partial charge in [-0.1, -0.05) is 30.3 Å². The van der Waals surface area contributed by atoms with E-state index in [0.29, 0.717) is 6.04 Å². The van der Waals surface area contributed by atoms with Gasteiger partial charge in [-0.3, -0.25) is 9.69 Å². The number of carbonyl (C=O) groups excluding carboxylic acids is 1. The van der Waals surface area contributed by atoms with Gasteiger partial charge in [0.2, 0.25) is 5.91 Å². The first-order chi connectivity index (χ1) is 9.66. The molecule has 1 unspecified atom stereocenters. The maximum atomic E-state index is 12.1. The zero-order valence-corrected chi connectivity index (χ0v) is 12.4. The zero-order valence-electron chi connectivity index (χ0n) is 12.4. The summed E-state index contributed by atoms with van der Waals surface area (Å²) in [5.41, 5.74) is 1.82. The summed E-state index contributed by atoms with van der Waals surface area (Å²) in [6.07, 6.45) is 4.49. The summed E-state index contributed by atoms with van der Waals surface area (Å²) in [4.78, 5) is 14.5. The van der Waals surface area contributed by atoms with Crippen molar-refractivity contribution < 1.29 is 4.79 Å². The molecule has 2 rings (SSSR count). The number of amides is 1. The van der Waals surface area contributed by atoms with Crippen LogP contribution in [0.1, 0.15) is 32.3 Å². The normalized spacial score (nSPS) is 18.0. The van der Waals surface area contributed by atoms with Crippen molar-refractivity contribution in [1.82, 2.24) is 10.2 Å². The molecular formula is C17H24N2O. The summed E-state index contributed by atoms with van der Waals surface area (Å²) in [6.45, 7) is 7.09. The second kappa shape index (κ2) is 7.25. The molecule has 0 bridgehead atoms. The van der Waals surface area contributed by atoms with Crippen molar-refractivity contribution in [2.45, 2.75) is 32.7 Å². The predicted molar refractivity (Wildman–Crippen MR) is 83.4 cm³/mol. The van der Waals surface area contributed by atoms with Gasteiger partial charge < -0.3 is 5.32 Å². The Morgan fingerprint density at radius 1 is 1.30 bits per heavy atom. The van der Waals surface area contributed by atoms with Crippen LogP contribution in [0.3, 0.4) is 0 Å². The fraction of sp³-hybridized carbons (Fsp3) is 0.471. The summed E-state index contributed by atoms with van der Waals surface area (Å²) in [6, 6.07) is 10.4. The molecule has 0 spiro atoms. The van der Waals surface area contributed by atoms with Crippen LogP contribution in [0, 0.1) is 0 Å². The third-order valence-electron chi connectivity index (χ3n) is 3.86. The van der Waals surface area contributed by atoms with Gasteiger partial charge in [-0.25, -0.2) is 0 Å². The van der Waals surface area contributed by atoms with Gasteiger partial charge >= 0.3 is 0 Å². The first-order valence-corrected chi connectivity index (χ1v) is 7.42. The average molecular weight is 272 g/mol. The van der Waals surface area contributed by atoms with Gasteiger partial charge in [-0.15, -0.1) is 0 Å². The number of benzene rings is 1. The van der Waals surface area contributed by atoms with Crippen molar-refractivity contribution in [3.8, 4) is 0 Å². The lowest BCUT2D eigenvalue weighted by Gasteiger charge is -2.23. The van der Waals surface area contributed by atoms with E-state index < -0.39 is 0 Å². The lowest BCUT2D eigenvalue weighted by Crippen LogP contribution is -2.40.